The van der Waals surface area contributed by atoms with Gasteiger partial charge in [0.05, 0.1) is 35.0 Å². The number of ether oxygens (including phenoxy) is 3. The number of anilines is 1. The van der Waals surface area contributed by atoms with E-state index in [1.54, 1.807) is 67.6 Å². The number of sulfonamides is 1. The number of hydrogen-bond acceptors (Lipinski definition) is 7. The standard InChI is InChI=1S/C31H29BrClN3O6S/c1-3-41-28-16-10-9-15-27(28)36(43(38,39)24-12-5-4-6-13-24)20-30(37)35-34-19-22-17-25(32)31(29(18-22)40-2)42-21-23-11-7-8-14-26(23)33/h4-19H,3,20-21H2,1-2H3,(H,35,37)/b34-19-. The van der Waals surface area contributed by atoms with Gasteiger partial charge in [-0.15, -0.1) is 0 Å². The third kappa shape index (κ3) is 8.07. The first-order chi connectivity index (χ1) is 20.7. The Morgan fingerprint density at radius 3 is 2.40 bits per heavy atom. The van der Waals surface area contributed by atoms with Gasteiger partial charge in [0.25, 0.3) is 15.9 Å². The molecule has 4 aromatic rings. The quantitative estimate of drug-likeness (QED) is 0.128. The lowest BCUT2D eigenvalue weighted by atomic mass is 10.2. The Bertz CT molecular complexity index is 1700. The van der Waals surface area contributed by atoms with Crippen LogP contribution in [0, 0.1) is 0 Å². The summed E-state index contributed by atoms with van der Waals surface area (Å²) in [4.78, 5) is 13.1. The first-order valence-corrected chi connectivity index (χ1v) is 15.7. The summed E-state index contributed by atoms with van der Waals surface area (Å²) < 4.78 is 46.0. The predicted octanol–water partition coefficient (Wildman–Crippen LogP) is 6.43. The Kier molecular flexibility index (Phi) is 11.0. The van der Waals surface area contributed by atoms with E-state index in [2.05, 4.69) is 26.5 Å². The van der Waals surface area contributed by atoms with Crippen LogP contribution < -0.4 is 23.9 Å². The molecule has 0 heterocycles. The summed E-state index contributed by atoms with van der Waals surface area (Å²) in [5.74, 6) is 0.572. The molecular formula is C31H29BrClN3O6S. The number of nitrogens with one attached hydrogen (secondary N) is 1. The van der Waals surface area contributed by atoms with Crippen LogP contribution in [0.15, 0.2) is 105 Å². The molecule has 1 amide bonds. The predicted molar refractivity (Wildman–Crippen MR) is 171 cm³/mol. The molecule has 0 aliphatic heterocycles. The molecule has 9 nitrogen and oxygen atoms in total. The molecule has 0 aromatic heterocycles. The number of hydrazone groups is 1. The molecule has 0 radical (unpaired) electrons. The van der Waals surface area contributed by atoms with E-state index in [0.717, 1.165) is 9.87 Å². The zero-order chi connectivity index (χ0) is 30.8. The highest BCUT2D eigenvalue weighted by molar-refractivity contribution is 9.10. The molecule has 0 saturated carbocycles. The number of methoxy groups -OCH3 is 1. The van der Waals surface area contributed by atoms with Gasteiger partial charge in [-0.2, -0.15) is 5.10 Å². The number of amides is 1. The van der Waals surface area contributed by atoms with Crippen LogP contribution in [-0.2, 0) is 21.4 Å². The minimum Gasteiger partial charge on any atom is -0.493 e. The summed E-state index contributed by atoms with van der Waals surface area (Å²) in [7, 11) is -2.61. The van der Waals surface area contributed by atoms with Gasteiger partial charge in [0, 0.05) is 10.6 Å². The lowest BCUT2D eigenvalue weighted by Gasteiger charge is -2.25. The number of halogens is 2. The third-order valence-electron chi connectivity index (χ3n) is 6.04. The van der Waals surface area contributed by atoms with E-state index in [1.165, 1.54) is 25.5 Å². The van der Waals surface area contributed by atoms with Crippen molar-refractivity contribution in [3.8, 4) is 17.2 Å². The molecule has 0 unspecified atom stereocenters. The first kappa shape index (κ1) is 31.9. The molecule has 4 aromatic carbocycles. The molecule has 0 spiro atoms. The Hall–Kier alpha value is -4.06. The smallest absolute Gasteiger partial charge is 0.264 e. The van der Waals surface area contributed by atoms with Gasteiger partial charge >= 0.3 is 0 Å². The number of nitrogens with zero attached hydrogens (tertiary/aromatic N) is 2. The number of rotatable bonds is 13. The van der Waals surface area contributed by atoms with E-state index >= 15 is 0 Å². The Balaban J connectivity index is 1.52. The summed E-state index contributed by atoms with van der Waals surface area (Å²) in [6, 6.07) is 25.3. The van der Waals surface area contributed by atoms with E-state index in [-0.39, 0.29) is 17.2 Å². The van der Waals surface area contributed by atoms with Gasteiger partial charge in [0.2, 0.25) is 0 Å². The largest absolute Gasteiger partial charge is 0.493 e. The number of carbonyl (C=O) groups excluding carboxylic acids is 1. The maximum Gasteiger partial charge on any atom is 0.264 e. The summed E-state index contributed by atoms with van der Waals surface area (Å²) >= 11 is 9.74. The van der Waals surface area contributed by atoms with Crippen molar-refractivity contribution in [3.05, 3.63) is 112 Å². The highest BCUT2D eigenvalue weighted by Gasteiger charge is 2.29. The molecule has 4 rings (SSSR count). The SMILES string of the molecule is CCOc1ccccc1N(CC(=O)N/N=C\c1cc(Br)c(OCc2ccccc2Cl)c(OC)c1)S(=O)(=O)c1ccccc1. The lowest BCUT2D eigenvalue weighted by molar-refractivity contribution is -0.119. The van der Waals surface area contributed by atoms with Crippen molar-refractivity contribution >= 4 is 55.4 Å². The molecular weight excluding hydrogens is 658 g/mol. The zero-order valence-electron chi connectivity index (χ0n) is 23.4. The molecule has 1 N–H and O–H groups in total. The number of benzene rings is 4. The van der Waals surface area contributed by atoms with Crippen LogP contribution in [-0.4, -0.2) is 40.8 Å². The fourth-order valence-electron chi connectivity index (χ4n) is 4.02. The average Bonchev–Trinajstić information content (AvgIpc) is 3.01. The molecule has 0 aliphatic rings. The molecule has 0 bridgehead atoms. The van der Waals surface area contributed by atoms with E-state index in [0.29, 0.717) is 38.9 Å². The van der Waals surface area contributed by atoms with Gasteiger partial charge in [-0.3, -0.25) is 9.10 Å². The molecule has 0 fully saturated rings. The molecule has 43 heavy (non-hydrogen) atoms. The van der Waals surface area contributed by atoms with Crippen LogP contribution in [0.5, 0.6) is 17.2 Å². The van der Waals surface area contributed by atoms with Crippen molar-refractivity contribution in [2.75, 3.05) is 24.6 Å². The maximum absolute atomic E-state index is 13.6. The molecule has 0 aliphatic carbocycles. The second-order valence-corrected chi connectivity index (χ2v) is 12.1. The topological polar surface area (TPSA) is 107 Å². The number of carbonyl (C=O) groups is 1. The van der Waals surface area contributed by atoms with Crippen molar-refractivity contribution in [1.29, 1.82) is 0 Å². The first-order valence-electron chi connectivity index (χ1n) is 13.1. The second-order valence-electron chi connectivity index (χ2n) is 8.93. The second kappa shape index (κ2) is 14.9. The lowest BCUT2D eigenvalue weighted by Crippen LogP contribution is -2.39. The zero-order valence-corrected chi connectivity index (χ0v) is 26.5. The van der Waals surface area contributed by atoms with E-state index < -0.39 is 22.5 Å². The van der Waals surface area contributed by atoms with E-state index in [4.69, 9.17) is 25.8 Å². The van der Waals surface area contributed by atoms with Crippen molar-refractivity contribution in [1.82, 2.24) is 5.43 Å². The van der Waals surface area contributed by atoms with Gasteiger partial charge in [-0.05, 0) is 70.9 Å². The van der Waals surface area contributed by atoms with Crippen LogP contribution in [0.4, 0.5) is 5.69 Å². The minimum absolute atomic E-state index is 0.0337. The molecule has 224 valence electrons. The third-order valence-corrected chi connectivity index (χ3v) is 8.77. The van der Waals surface area contributed by atoms with Crippen LogP contribution in [0.25, 0.3) is 0 Å². The monoisotopic (exact) mass is 685 g/mol. The summed E-state index contributed by atoms with van der Waals surface area (Å²) in [5, 5.41) is 4.63. The van der Waals surface area contributed by atoms with Gasteiger partial charge in [-0.25, -0.2) is 13.8 Å². The fraction of sp³-hybridized carbons (Fsp3) is 0.161. The van der Waals surface area contributed by atoms with Crippen molar-refractivity contribution in [3.63, 3.8) is 0 Å². The van der Waals surface area contributed by atoms with Crippen LogP contribution in [0.2, 0.25) is 5.02 Å². The Morgan fingerprint density at radius 1 is 0.977 bits per heavy atom. The van der Waals surface area contributed by atoms with E-state index in [1.807, 2.05) is 18.2 Å². The normalized spacial score (nSPS) is 11.3. The van der Waals surface area contributed by atoms with Gasteiger partial charge in [0.1, 0.15) is 18.9 Å². The average molecular weight is 687 g/mol. The summed E-state index contributed by atoms with van der Waals surface area (Å²) in [6.07, 6.45) is 1.41. The summed E-state index contributed by atoms with van der Waals surface area (Å²) in [6.45, 7) is 1.79. The Morgan fingerprint density at radius 2 is 1.67 bits per heavy atom. The van der Waals surface area contributed by atoms with Crippen LogP contribution in [0.3, 0.4) is 0 Å². The highest BCUT2D eigenvalue weighted by atomic mass is 79.9. The van der Waals surface area contributed by atoms with Gasteiger partial charge in [-0.1, -0.05) is 60.1 Å². The molecule has 0 saturated heterocycles. The minimum atomic E-state index is -4.12. The number of hydrogen-bond donors (Lipinski definition) is 1. The van der Waals surface area contributed by atoms with Crippen molar-refractivity contribution in [2.24, 2.45) is 5.10 Å². The van der Waals surface area contributed by atoms with Crippen LogP contribution in [0.1, 0.15) is 18.1 Å². The van der Waals surface area contributed by atoms with Gasteiger partial charge < -0.3 is 14.2 Å². The Labute approximate surface area is 264 Å². The van der Waals surface area contributed by atoms with Gasteiger partial charge in [0.15, 0.2) is 11.5 Å². The molecule has 0 atom stereocenters. The van der Waals surface area contributed by atoms with Crippen molar-refractivity contribution < 1.29 is 27.4 Å². The fourth-order valence-corrected chi connectivity index (χ4v) is 6.24. The van der Waals surface area contributed by atoms with E-state index in [9.17, 15) is 13.2 Å². The van der Waals surface area contributed by atoms with Crippen molar-refractivity contribution in [2.45, 2.75) is 18.4 Å². The molecule has 12 heteroatoms. The van der Waals surface area contributed by atoms with Crippen LogP contribution >= 0.6 is 27.5 Å². The highest BCUT2D eigenvalue weighted by Crippen LogP contribution is 2.37. The number of para-hydroxylation sites is 2. The maximum atomic E-state index is 13.6. The summed E-state index contributed by atoms with van der Waals surface area (Å²) in [5.41, 5.74) is 4.05.